The first kappa shape index (κ1) is 15.8. The number of carbonyl (C=O) groups excluding carboxylic acids is 1. The number of piperidine rings is 1. The minimum Gasteiger partial charge on any atom is -0.354 e. The van der Waals surface area contributed by atoms with Crippen LogP contribution in [0.15, 0.2) is 30.5 Å². The van der Waals surface area contributed by atoms with Crippen molar-refractivity contribution in [1.82, 2.24) is 20.4 Å². The van der Waals surface area contributed by atoms with Crippen LogP contribution in [0.2, 0.25) is 0 Å². The molecule has 2 heterocycles. The summed E-state index contributed by atoms with van der Waals surface area (Å²) in [6.45, 7) is 3.15. The first-order valence-electron chi connectivity index (χ1n) is 7.21. The second-order valence-corrected chi connectivity index (χ2v) is 5.38. The second-order valence-electron chi connectivity index (χ2n) is 5.38. The number of benzene rings is 1. The van der Waals surface area contributed by atoms with Crippen molar-refractivity contribution in [2.45, 2.75) is 19.4 Å². The lowest BCUT2D eigenvalue weighted by Crippen LogP contribution is -2.39. The van der Waals surface area contributed by atoms with Crippen molar-refractivity contribution in [3.8, 4) is 0 Å². The number of amides is 1. The molecule has 1 fully saturated rings. The fourth-order valence-corrected chi connectivity index (χ4v) is 2.70. The van der Waals surface area contributed by atoms with Crippen molar-refractivity contribution in [2.75, 3.05) is 19.6 Å². The van der Waals surface area contributed by atoms with E-state index < -0.39 is 0 Å². The summed E-state index contributed by atoms with van der Waals surface area (Å²) >= 11 is 0. The van der Waals surface area contributed by atoms with E-state index in [1.54, 1.807) is 10.9 Å². The van der Waals surface area contributed by atoms with Crippen molar-refractivity contribution in [3.63, 3.8) is 0 Å². The van der Waals surface area contributed by atoms with E-state index in [2.05, 4.69) is 15.7 Å². The second kappa shape index (κ2) is 7.43. The molecule has 1 aromatic carbocycles. The summed E-state index contributed by atoms with van der Waals surface area (Å²) < 4.78 is 1.75. The number of halogens is 1. The third-order valence-corrected chi connectivity index (χ3v) is 3.83. The minimum absolute atomic E-state index is 0. The molecule has 114 valence electrons. The fourth-order valence-electron chi connectivity index (χ4n) is 2.70. The van der Waals surface area contributed by atoms with Crippen LogP contribution in [-0.2, 0) is 11.3 Å². The first-order valence-corrected chi connectivity index (χ1v) is 7.21. The lowest BCUT2D eigenvalue weighted by molar-refractivity contribution is -0.122. The van der Waals surface area contributed by atoms with E-state index in [0.29, 0.717) is 5.92 Å². The van der Waals surface area contributed by atoms with Gasteiger partial charge < -0.3 is 10.6 Å². The van der Waals surface area contributed by atoms with Crippen LogP contribution in [0.25, 0.3) is 10.9 Å². The highest BCUT2D eigenvalue weighted by atomic mass is 35.5. The van der Waals surface area contributed by atoms with Crippen LogP contribution < -0.4 is 10.6 Å². The summed E-state index contributed by atoms with van der Waals surface area (Å²) in [5, 5.41) is 11.7. The van der Waals surface area contributed by atoms with E-state index in [0.717, 1.165) is 30.5 Å². The van der Waals surface area contributed by atoms with Gasteiger partial charge in [0, 0.05) is 11.9 Å². The lowest BCUT2D eigenvalue weighted by atomic mass is 10.00. The van der Waals surface area contributed by atoms with Gasteiger partial charge in [0.1, 0.15) is 6.54 Å². The van der Waals surface area contributed by atoms with Gasteiger partial charge in [-0.05, 0) is 37.9 Å². The van der Waals surface area contributed by atoms with Gasteiger partial charge in [-0.25, -0.2) is 0 Å². The molecule has 1 amide bonds. The Balaban J connectivity index is 0.00000161. The minimum atomic E-state index is 0. The molecule has 0 aliphatic carbocycles. The van der Waals surface area contributed by atoms with Gasteiger partial charge in [-0.3, -0.25) is 9.48 Å². The number of hydrogen-bond donors (Lipinski definition) is 2. The summed E-state index contributed by atoms with van der Waals surface area (Å²) in [6, 6.07) is 7.93. The highest BCUT2D eigenvalue weighted by Gasteiger charge is 2.14. The molecule has 5 nitrogen and oxygen atoms in total. The van der Waals surface area contributed by atoms with E-state index >= 15 is 0 Å². The standard InChI is InChI=1S/C15H20N4O.ClH/c20-15(17-9-12-4-3-7-16-8-12)11-19-14-6-2-1-5-13(14)10-18-19;/h1-2,5-6,10,12,16H,3-4,7-9,11H2,(H,17,20);1H. The van der Waals surface area contributed by atoms with Crippen molar-refractivity contribution < 1.29 is 4.79 Å². The largest absolute Gasteiger partial charge is 0.354 e. The number of carbonyl (C=O) groups is 1. The molecule has 1 saturated heterocycles. The van der Waals surface area contributed by atoms with E-state index in [4.69, 9.17) is 0 Å². The van der Waals surface area contributed by atoms with Gasteiger partial charge in [0.05, 0.1) is 11.7 Å². The van der Waals surface area contributed by atoms with Crippen molar-refractivity contribution in [3.05, 3.63) is 30.5 Å². The van der Waals surface area contributed by atoms with E-state index in [1.807, 2.05) is 24.3 Å². The number of nitrogens with zero attached hydrogens (tertiary/aromatic N) is 2. The van der Waals surface area contributed by atoms with Gasteiger partial charge in [0.25, 0.3) is 0 Å². The zero-order chi connectivity index (χ0) is 13.8. The molecular formula is C15H21ClN4O. The third-order valence-electron chi connectivity index (χ3n) is 3.83. The maximum absolute atomic E-state index is 12.0. The maximum atomic E-state index is 12.0. The Morgan fingerprint density at radius 1 is 1.43 bits per heavy atom. The van der Waals surface area contributed by atoms with E-state index in [9.17, 15) is 4.79 Å². The number of rotatable bonds is 4. The summed E-state index contributed by atoms with van der Waals surface area (Å²) in [6.07, 6.45) is 4.19. The van der Waals surface area contributed by atoms with Crippen LogP contribution in [0.5, 0.6) is 0 Å². The van der Waals surface area contributed by atoms with Crippen LogP contribution in [0.1, 0.15) is 12.8 Å². The van der Waals surface area contributed by atoms with Gasteiger partial charge in [-0.1, -0.05) is 18.2 Å². The smallest absolute Gasteiger partial charge is 0.241 e. The molecule has 21 heavy (non-hydrogen) atoms. The Labute approximate surface area is 130 Å². The van der Waals surface area contributed by atoms with Crippen molar-refractivity contribution >= 4 is 29.2 Å². The first-order chi connectivity index (χ1) is 9.83. The zero-order valence-corrected chi connectivity index (χ0v) is 12.7. The topological polar surface area (TPSA) is 59.0 Å². The Morgan fingerprint density at radius 2 is 2.29 bits per heavy atom. The molecular weight excluding hydrogens is 288 g/mol. The van der Waals surface area contributed by atoms with Gasteiger partial charge in [0.2, 0.25) is 5.91 Å². The zero-order valence-electron chi connectivity index (χ0n) is 11.9. The molecule has 2 N–H and O–H groups in total. The molecule has 0 saturated carbocycles. The van der Waals surface area contributed by atoms with Crippen molar-refractivity contribution in [1.29, 1.82) is 0 Å². The average molecular weight is 309 g/mol. The Kier molecular flexibility index (Phi) is 5.59. The predicted molar refractivity (Wildman–Crippen MR) is 85.6 cm³/mol. The van der Waals surface area contributed by atoms with Crippen LogP contribution in [-0.4, -0.2) is 35.3 Å². The molecule has 1 aliphatic rings. The third kappa shape index (κ3) is 3.95. The molecule has 1 atom stereocenters. The molecule has 2 aromatic rings. The molecule has 1 unspecified atom stereocenters. The average Bonchev–Trinajstić information content (AvgIpc) is 2.90. The summed E-state index contributed by atoms with van der Waals surface area (Å²) in [5.41, 5.74) is 1.00. The van der Waals surface area contributed by atoms with Gasteiger partial charge in [-0.15, -0.1) is 12.4 Å². The predicted octanol–water partition coefficient (Wildman–Crippen LogP) is 1.57. The Bertz CT molecular complexity index is 592. The fraction of sp³-hybridized carbons (Fsp3) is 0.467. The number of para-hydroxylation sites is 1. The van der Waals surface area contributed by atoms with E-state index in [1.165, 1.54) is 12.8 Å². The molecule has 0 spiro atoms. The van der Waals surface area contributed by atoms with Crippen LogP contribution in [0.3, 0.4) is 0 Å². The number of hydrogen-bond acceptors (Lipinski definition) is 3. The normalized spacial score (nSPS) is 18.2. The quantitative estimate of drug-likeness (QED) is 0.901. The van der Waals surface area contributed by atoms with Gasteiger partial charge >= 0.3 is 0 Å². The molecule has 0 radical (unpaired) electrons. The highest BCUT2D eigenvalue weighted by Crippen LogP contribution is 2.12. The summed E-state index contributed by atoms with van der Waals surface area (Å²) in [4.78, 5) is 12.0. The SMILES string of the molecule is Cl.O=C(Cn1ncc2ccccc21)NCC1CCCNC1. The monoisotopic (exact) mass is 308 g/mol. The summed E-state index contributed by atoms with van der Waals surface area (Å²) in [7, 11) is 0. The Hall–Kier alpha value is -1.59. The van der Waals surface area contributed by atoms with E-state index in [-0.39, 0.29) is 24.9 Å². The lowest BCUT2D eigenvalue weighted by Gasteiger charge is -2.22. The molecule has 0 bridgehead atoms. The number of aromatic nitrogens is 2. The van der Waals surface area contributed by atoms with Crippen molar-refractivity contribution in [2.24, 2.45) is 5.92 Å². The van der Waals surface area contributed by atoms with Crippen LogP contribution in [0, 0.1) is 5.92 Å². The number of nitrogens with one attached hydrogen (secondary N) is 2. The molecule has 1 aromatic heterocycles. The van der Waals surface area contributed by atoms with Crippen LogP contribution in [0.4, 0.5) is 0 Å². The molecule has 3 rings (SSSR count). The summed E-state index contributed by atoms with van der Waals surface area (Å²) in [5.74, 6) is 0.589. The molecule has 1 aliphatic heterocycles. The highest BCUT2D eigenvalue weighted by molar-refractivity contribution is 5.85. The van der Waals surface area contributed by atoms with Gasteiger partial charge in [0.15, 0.2) is 0 Å². The number of fused-ring (bicyclic) bond motifs is 1. The Morgan fingerprint density at radius 3 is 3.10 bits per heavy atom. The van der Waals surface area contributed by atoms with Gasteiger partial charge in [-0.2, -0.15) is 5.10 Å². The van der Waals surface area contributed by atoms with Crippen LogP contribution >= 0.6 is 12.4 Å². The maximum Gasteiger partial charge on any atom is 0.241 e. The molecule has 6 heteroatoms.